The molecule has 2 rings (SSSR count). The van der Waals surface area contributed by atoms with Crippen LogP contribution in [0.1, 0.15) is 48.0 Å². The normalized spacial score (nSPS) is 30.4. The molecule has 0 fully saturated rings. The number of esters is 3. The number of aliphatic hydroxyl groups excluding tert-OH is 1. The number of rotatable bonds is 6. The molecule has 0 aromatic carbocycles. The van der Waals surface area contributed by atoms with E-state index in [1.165, 1.54) is 13.8 Å². The lowest BCUT2D eigenvalue weighted by Crippen LogP contribution is -2.52. The van der Waals surface area contributed by atoms with Crippen LogP contribution in [-0.2, 0) is 33.4 Å². The highest BCUT2D eigenvalue weighted by molar-refractivity contribution is 5.93. The van der Waals surface area contributed by atoms with E-state index in [0.717, 1.165) is 0 Å². The Morgan fingerprint density at radius 3 is 2.47 bits per heavy atom. The Labute approximate surface area is 175 Å². The third kappa shape index (κ3) is 4.09. The fraction of sp³-hybridized carbons (Fsp3) is 0.545. The number of aliphatic hydroxyl groups is 1. The van der Waals surface area contributed by atoms with E-state index in [1.54, 1.807) is 39.8 Å². The molecule has 1 aliphatic heterocycles. The van der Waals surface area contributed by atoms with Crippen molar-refractivity contribution in [3.8, 4) is 0 Å². The Kier molecular flexibility index (Phi) is 7.02. The van der Waals surface area contributed by atoms with Crippen LogP contribution in [0.15, 0.2) is 34.4 Å². The minimum absolute atomic E-state index is 0.0721. The number of carbonyl (C=O) groups excluding carboxylic acids is 4. The van der Waals surface area contributed by atoms with Crippen LogP contribution >= 0.6 is 0 Å². The van der Waals surface area contributed by atoms with Gasteiger partial charge in [-0.3, -0.25) is 9.59 Å². The van der Waals surface area contributed by atoms with Gasteiger partial charge in [-0.15, -0.1) is 0 Å². The predicted molar refractivity (Wildman–Crippen MR) is 106 cm³/mol. The molecule has 5 unspecified atom stereocenters. The van der Waals surface area contributed by atoms with Gasteiger partial charge >= 0.3 is 17.9 Å². The molecule has 164 valence electrons. The lowest BCUT2D eigenvalue weighted by Gasteiger charge is -2.47. The monoisotopic (exact) mass is 420 g/mol. The largest absolute Gasteiger partial charge is 0.462 e. The third-order valence-electron chi connectivity index (χ3n) is 6.17. The summed E-state index contributed by atoms with van der Waals surface area (Å²) in [6, 6.07) is 0. The van der Waals surface area contributed by atoms with Gasteiger partial charge in [0, 0.05) is 41.4 Å². The number of hydrogen-bond acceptors (Lipinski definition) is 8. The van der Waals surface area contributed by atoms with Crippen molar-refractivity contribution in [1.82, 2.24) is 0 Å². The molecule has 8 heteroatoms. The molecule has 0 saturated heterocycles. The van der Waals surface area contributed by atoms with Gasteiger partial charge < -0.3 is 19.3 Å². The predicted octanol–water partition coefficient (Wildman–Crippen LogP) is 2.16. The maximum atomic E-state index is 12.7. The van der Waals surface area contributed by atoms with Gasteiger partial charge in [0.05, 0.1) is 0 Å². The molecule has 1 heterocycles. The first-order chi connectivity index (χ1) is 14.0. The molecule has 0 radical (unpaired) electrons. The zero-order chi connectivity index (χ0) is 22.8. The summed E-state index contributed by atoms with van der Waals surface area (Å²) >= 11 is 0. The van der Waals surface area contributed by atoms with Gasteiger partial charge in [0.2, 0.25) is 6.29 Å². The Hall–Kier alpha value is -2.74. The van der Waals surface area contributed by atoms with Gasteiger partial charge in [-0.05, 0) is 26.3 Å². The van der Waals surface area contributed by atoms with Gasteiger partial charge in [-0.25, -0.2) is 9.59 Å². The number of aldehydes is 1. The van der Waals surface area contributed by atoms with Gasteiger partial charge in [0.25, 0.3) is 0 Å². The molecule has 0 aromatic heterocycles. The highest BCUT2D eigenvalue weighted by atomic mass is 16.6. The van der Waals surface area contributed by atoms with Gasteiger partial charge in [0.1, 0.15) is 18.5 Å². The molecule has 0 aromatic rings. The Morgan fingerprint density at radius 2 is 2.00 bits per heavy atom. The first-order valence-electron chi connectivity index (χ1n) is 9.75. The second kappa shape index (κ2) is 8.95. The van der Waals surface area contributed by atoms with Gasteiger partial charge in [-0.2, -0.15) is 0 Å². The summed E-state index contributed by atoms with van der Waals surface area (Å²) in [4.78, 5) is 48.3. The second-order valence-electron chi connectivity index (χ2n) is 7.83. The van der Waals surface area contributed by atoms with Gasteiger partial charge in [-0.1, -0.05) is 26.0 Å². The van der Waals surface area contributed by atoms with E-state index in [2.05, 4.69) is 0 Å². The van der Waals surface area contributed by atoms with Crippen LogP contribution in [0.25, 0.3) is 0 Å². The van der Waals surface area contributed by atoms with Crippen LogP contribution in [0.5, 0.6) is 0 Å². The smallest absolute Gasteiger partial charge is 0.336 e. The molecule has 30 heavy (non-hydrogen) atoms. The van der Waals surface area contributed by atoms with Crippen molar-refractivity contribution in [1.29, 1.82) is 0 Å². The lowest BCUT2D eigenvalue weighted by atomic mass is 9.61. The molecular formula is C22H28O8. The standard InChI is InChI=1S/C22H28O8/c1-7-11(2)19(25)29-18(17-12(3)20(26)30-21(17)27)22(6)13(4)16(28-14(5)24)9-8-15(22)10-23/h7-8,10,13,16,18,21,27H,9H2,1-6H3. The first kappa shape index (κ1) is 23.5. The number of cyclic esters (lactones) is 1. The topological polar surface area (TPSA) is 116 Å². The van der Waals surface area contributed by atoms with Crippen molar-refractivity contribution in [3.63, 3.8) is 0 Å². The Morgan fingerprint density at radius 1 is 1.37 bits per heavy atom. The quantitative estimate of drug-likeness (QED) is 0.301. The molecular weight excluding hydrogens is 392 g/mol. The summed E-state index contributed by atoms with van der Waals surface area (Å²) in [5, 5.41) is 10.4. The molecule has 1 N–H and O–H groups in total. The van der Waals surface area contributed by atoms with Crippen LogP contribution in [-0.4, -0.2) is 47.8 Å². The summed E-state index contributed by atoms with van der Waals surface area (Å²) < 4.78 is 16.1. The fourth-order valence-corrected chi connectivity index (χ4v) is 3.95. The summed E-state index contributed by atoms with van der Waals surface area (Å²) in [7, 11) is 0. The molecule has 2 aliphatic rings. The molecule has 5 atom stereocenters. The molecule has 8 nitrogen and oxygen atoms in total. The van der Waals surface area contributed by atoms with Gasteiger partial charge in [0.15, 0.2) is 0 Å². The Bertz CT molecular complexity index is 849. The van der Waals surface area contributed by atoms with Crippen LogP contribution < -0.4 is 0 Å². The molecule has 0 saturated carbocycles. The van der Waals surface area contributed by atoms with E-state index in [1.807, 2.05) is 0 Å². The number of hydrogen-bond donors (Lipinski definition) is 1. The first-order valence-corrected chi connectivity index (χ1v) is 9.75. The van der Waals surface area contributed by atoms with Crippen molar-refractivity contribution in [2.24, 2.45) is 11.3 Å². The van der Waals surface area contributed by atoms with E-state index in [9.17, 15) is 24.3 Å². The van der Waals surface area contributed by atoms with E-state index >= 15 is 0 Å². The lowest BCUT2D eigenvalue weighted by molar-refractivity contribution is -0.165. The zero-order valence-corrected chi connectivity index (χ0v) is 18.1. The van der Waals surface area contributed by atoms with Crippen LogP contribution in [0, 0.1) is 11.3 Å². The van der Waals surface area contributed by atoms with Crippen molar-refractivity contribution >= 4 is 24.2 Å². The van der Waals surface area contributed by atoms with E-state index in [4.69, 9.17) is 14.2 Å². The van der Waals surface area contributed by atoms with Crippen LogP contribution in [0.2, 0.25) is 0 Å². The molecule has 1 aliphatic carbocycles. The van der Waals surface area contributed by atoms with Crippen molar-refractivity contribution in [2.75, 3.05) is 0 Å². The average Bonchev–Trinajstić information content (AvgIpc) is 2.94. The minimum Gasteiger partial charge on any atom is -0.462 e. The fourth-order valence-electron chi connectivity index (χ4n) is 3.95. The summed E-state index contributed by atoms with van der Waals surface area (Å²) in [6.07, 6.45) is 0.760. The maximum absolute atomic E-state index is 12.7. The van der Waals surface area contributed by atoms with E-state index in [-0.39, 0.29) is 11.1 Å². The molecule has 0 bridgehead atoms. The van der Waals surface area contributed by atoms with E-state index in [0.29, 0.717) is 23.9 Å². The SMILES string of the molecule is CC=C(C)C(=O)OC(C1=C(C)C(=O)OC1O)C1(C)C(C=O)=CCC(OC(C)=O)C1C. The number of ether oxygens (including phenoxy) is 3. The number of carbonyl (C=O) groups is 4. The van der Waals surface area contributed by atoms with E-state index < -0.39 is 47.7 Å². The summed E-state index contributed by atoms with van der Waals surface area (Å²) in [5.41, 5.74) is -0.385. The minimum atomic E-state index is -1.62. The average molecular weight is 420 g/mol. The van der Waals surface area contributed by atoms with Crippen LogP contribution in [0.4, 0.5) is 0 Å². The molecule has 0 amide bonds. The van der Waals surface area contributed by atoms with Crippen molar-refractivity contribution in [3.05, 3.63) is 34.4 Å². The molecule has 0 spiro atoms. The van der Waals surface area contributed by atoms with Crippen molar-refractivity contribution in [2.45, 2.75) is 66.5 Å². The third-order valence-corrected chi connectivity index (χ3v) is 6.17. The Balaban J connectivity index is 2.67. The maximum Gasteiger partial charge on any atom is 0.336 e. The zero-order valence-electron chi connectivity index (χ0n) is 18.1. The number of allylic oxidation sites excluding steroid dienone is 1. The second-order valence-corrected chi connectivity index (χ2v) is 7.83. The highest BCUT2D eigenvalue weighted by Crippen LogP contribution is 2.50. The van der Waals surface area contributed by atoms with Crippen molar-refractivity contribution < 1.29 is 38.5 Å². The highest BCUT2D eigenvalue weighted by Gasteiger charge is 2.54. The summed E-state index contributed by atoms with van der Waals surface area (Å²) in [5.74, 6) is -2.37. The summed E-state index contributed by atoms with van der Waals surface area (Å²) in [6.45, 7) is 9.45. The van der Waals surface area contributed by atoms with Crippen LogP contribution in [0.3, 0.4) is 0 Å².